The minimum Gasteiger partial charge on any atom is -0.494 e. The molecule has 1 N–H and O–H groups in total. The van der Waals surface area contributed by atoms with E-state index in [0.29, 0.717) is 31.1 Å². The van der Waals surface area contributed by atoms with Crippen molar-refractivity contribution in [3.63, 3.8) is 0 Å². The largest absolute Gasteiger partial charge is 0.494 e. The average Bonchev–Trinajstić information content (AvgIpc) is 2.65. The Bertz CT molecular complexity index is 791. The summed E-state index contributed by atoms with van der Waals surface area (Å²) in [4.78, 5) is 12.2. The number of hydrazone groups is 1. The zero-order chi connectivity index (χ0) is 19.6. The van der Waals surface area contributed by atoms with E-state index in [4.69, 9.17) is 14.2 Å². The smallest absolute Gasteiger partial charge is 0.271 e. The second-order valence-corrected chi connectivity index (χ2v) is 6.51. The first-order valence-electron chi connectivity index (χ1n) is 8.74. The lowest BCUT2D eigenvalue weighted by molar-refractivity contribution is 0.0955. The number of ether oxygens (including phenoxy) is 3. The summed E-state index contributed by atoms with van der Waals surface area (Å²) in [7, 11) is 0. The van der Waals surface area contributed by atoms with E-state index >= 15 is 0 Å². The van der Waals surface area contributed by atoms with Crippen molar-refractivity contribution >= 4 is 34.7 Å². The van der Waals surface area contributed by atoms with Crippen molar-refractivity contribution in [3.05, 3.63) is 51.1 Å². The molecule has 27 heavy (non-hydrogen) atoms. The molecule has 7 heteroatoms. The van der Waals surface area contributed by atoms with Crippen LogP contribution in [0.15, 0.2) is 41.5 Å². The number of hydrogen-bond acceptors (Lipinski definition) is 5. The van der Waals surface area contributed by atoms with Crippen LogP contribution in [0.25, 0.3) is 0 Å². The predicted molar refractivity (Wildman–Crippen MR) is 114 cm³/mol. The van der Waals surface area contributed by atoms with Crippen molar-refractivity contribution < 1.29 is 19.0 Å². The fourth-order valence-corrected chi connectivity index (χ4v) is 3.09. The first-order chi connectivity index (χ1) is 13.1. The van der Waals surface area contributed by atoms with Gasteiger partial charge >= 0.3 is 0 Å². The van der Waals surface area contributed by atoms with Gasteiger partial charge in [-0.3, -0.25) is 4.79 Å². The normalized spacial score (nSPS) is 10.7. The zero-order valence-corrected chi connectivity index (χ0v) is 17.8. The van der Waals surface area contributed by atoms with Crippen molar-refractivity contribution in [2.75, 3.05) is 19.8 Å². The standard InChI is InChI=1S/C20H23IN2O4/c1-4-25-16-9-7-15(8-10-16)20(24)23-22-13-14-11-17(21)19(27-6-3)18(12-14)26-5-2/h7-13H,4-6H2,1-3H3,(H,23,24)/b22-13+. The van der Waals surface area contributed by atoms with Gasteiger partial charge in [-0.25, -0.2) is 5.43 Å². The topological polar surface area (TPSA) is 69.2 Å². The van der Waals surface area contributed by atoms with Crippen molar-refractivity contribution in [2.24, 2.45) is 5.10 Å². The molecule has 0 aliphatic heterocycles. The van der Waals surface area contributed by atoms with Crippen LogP contribution in [0.4, 0.5) is 0 Å². The minimum atomic E-state index is -0.292. The molecule has 1 amide bonds. The Balaban J connectivity index is 2.07. The molecule has 0 aromatic heterocycles. The number of amides is 1. The summed E-state index contributed by atoms with van der Waals surface area (Å²) in [6.45, 7) is 7.43. The summed E-state index contributed by atoms with van der Waals surface area (Å²) in [5.74, 6) is 1.81. The summed E-state index contributed by atoms with van der Waals surface area (Å²) >= 11 is 2.19. The van der Waals surface area contributed by atoms with Crippen LogP contribution in [-0.2, 0) is 0 Å². The molecule has 2 aromatic carbocycles. The number of benzene rings is 2. The van der Waals surface area contributed by atoms with Crippen LogP contribution >= 0.6 is 22.6 Å². The summed E-state index contributed by atoms with van der Waals surface area (Å²) in [5.41, 5.74) is 3.84. The lowest BCUT2D eigenvalue weighted by Crippen LogP contribution is -2.17. The third kappa shape index (κ3) is 6.13. The van der Waals surface area contributed by atoms with Gasteiger partial charge in [0, 0.05) is 5.56 Å². The van der Waals surface area contributed by atoms with Crippen molar-refractivity contribution in [1.82, 2.24) is 5.43 Å². The molecule has 0 saturated carbocycles. The summed E-state index contributed by atoms with van der Waals surface area (Å²) in [5, 5.41) is 4.04. The molecule has 0 saturated heterocycles. The second-order valence-electron chi connectivity index (χ2n) is 5.35. The minimum absolute atomic E-state index is 0.292. The van der Waals surface area contributed by atoms with E-state index in [1.165, 1.54) is 0 Å². The Morgan fingerprint density at radius 1 is 1.04 bits per heavy atom. The van der Waals surface area contributed by atoms with E-state index in [1.807, 2.05) is 32.9 Å². The maximum atomic E-state index is 12.2. The van der Waals surface area contributed by atoms with Gasteiger partial charge in [0.15, 0.2) is 11.5 Å². The highest BCUT2D eigenvalue weighted by molar-refractivity contribution is 14.1. The molecular formula is C20H23IN2O4. The Hall–Kier alpha value is -2.29. The highest BCUT2D eigenvalue weighted by atomic mass is 127. The van der Waals surface area contributed by atoms with E-state index in [1.54, 1.807) is 30.5 Å². The number of hydrogen-bond donors (Lipinski definition) is 1. The van der Waals surface area contributed by atoms with Crippen LogP contribution in [0.3, 0.4) is 0 Å². The molecule has 2 rings (SSSR count). The molecule has 0 aliphatic carbocycles. The number of carbonyl (C=O) groups is 1. The van der Waals surface area contributed by atoms with Crippen molar-refractivity contribution in [3.8, 4) is 17.2 Å². The van der Waals surface area contributed by atoms with Crippen LogP contribution < -0.4 is 19.6 Å². The predicted octanol–water partition coefficient (Wildman–Crippen LogP) is 4.25. The maximum absolute atomic E-state index is 12.2. The summed E-state index contributed by atoms with van der Waals surface area (Å²) in [6, 6.07) is 10.7. The first-order valence-corrected chi connectivity index (χ1v) is 9.82. The van der Waals surface area contributed by atoms with E-state index in [2.05, 4.69) is 33.1 Å². The first kappa shape index (κ1) is 21.0. The lowest BCUT2D eigenvalue weighted by Gasteiger charge is -2.13. The quantitative estimate of drug-likeness (QED) is 0.330. The van der Waals surface area contributed by atoms with Crippen LogP contribution in [0.1, 0.15) is 36.7 Å². The van der Waals surface area contributed by atoms with E-state index in [-0.39, 0.29) is 5.91 Å². The van der Waals surface area contributed by atoms with Gasteiger partial charge in [-0.2, -0.15) is 5.10 Å². The second kappa shape index (κ2) is 10.8. The summed E-state index contributed by atoms with van der Waals surface area (Å²) < 4.78 is 17.6. The number of nitrogens with zero attached hydrogens (tertiary/aromatic N) is 1. The SMILES string of the molecule is CCOc1ccc(C(=O)N/N=C/c2cc(I)c(OCC)c(OCC)c2)cc1. The molecule has 6 nitrogen and oxygen atoms in total. The van der Waals surface area contributed by atoms with Gasteiger partial charge < -0.3 is 14.2 Å². The maximum Gasteiger partial charge on any atom is 0.271 e. The molecule has 0 fully saturated rings. The third-order valence-corrected chi connectivity index (χ3v) is 4.23. The third-order valence-electron chi connectivity index (χ3n) is 3.43. The van der Waals surface area contributed by atoms with Gasteiger partial charge in [0.25, 0.3) is 5.91 Å². The molecule has 0 heterocycles. The van der Waals surface area contributed by atoms with Crippen LogP contribution in [0.5, 0.6) is 17.2 Å². The number of carbonyl (C=O) groups excluding carboxylic acids is 1. The highest BCUT2D eigenvalue weighted by Crippen LogP contribution is 2.33. The Morgan fingerprint density at radius 2 is 1.70 bits per heavy atom. The van der Waals surface area contributed by atoms with E-state index < -0.39 is 0 Å². The fraction of sp³-hybridized carbons (Fsp3) is 0.300. The molecule has 2 aromatic rings. The van der Waals surface area contributed by atoms with Gasteiger partial charge in [0.05, 0.1) is 29.6 Å². The van der Waals surface area contributed by atoms with Gasteiger partial charge in [0.2, 0.25) is 0 Å². The molecule has 0 atom stereocenters. The van der Waals surface area contributed by atoms with Crippen molar-refractivity contribution in [2.45, 2.75) is 20.8 Å². The number of nitrogens with one attached hydrogen (secondary N) is 1. The van der Waals surface area contributed by atoms with Gasteiger partial charge in [-0.1, -0.05) is 0 Å². The van der Waals surface area contributed by atoms with Crippen LogP contribution in [0, 0.1) is 3.57 Å². The number of halogens is 1. The van der Waals surface area contributed by atoms with Gasteiger partial charge in [-0.15, -0.1) is 0 Å². The van der Waals surface area contributed by atoms with Crippen molar-refractivity contribution in [1.29, 1.82) is 0 Å². The summed E-state index contributed by atoms with van der Waals surface area (Å²) in [6.07, 6.45) is 1.58. The van der Waals surface area contributed by atoms with Crippen LogP contribution in [-0.4, -0.2) is 31.9 Å². The zero-order valence-electron chi connectivity index (χ0n) is 15.6. The molecule has 0 aliphatic rings. The lowest BCUT2D eigenvalue weighted by atomic mass is 10.2. The molecule has 144 valence electrons. The molecule has 0 unspecified atom stereocenters. The monoisotopic (exact) mass is 482 g/mol. The average molecular weight is 482 g/mol. The Kier molecular flexibility index (Phi) is 8.38. The van der Waals surface area contributed by atoms with E-state index in [0.717, 1.165) is 20.6 Å². The Morgan fingerprint density at radius 3 is 2.33 bits per heavy atom. The fourth-order valence-electron chi connectivity index (χ4n) is 2.31. The van der Waals surface area contributed by atoms with Gasteiger partial charge in [0.1, 0.15) is 5.75 Å². The molecule has 0 radical (unpaired) electrons. The Labute approximate surface area is 173 Å². The van der Waals surface area contributed by atoms with Crippen LogP contribution in [0.2, 0.25) is 0 Å². The van der Waals surface area contributed by atoms with E-state index in [9.17, 15) is 4.79 Å². The molecule has 0 spiro atoms. The highest BCUT2D eigenvalue weighted by Gasteiger charge is 2.11. The van der Waals surface area contributed by atoms with Gasteiger partial charge in [-0.05, 0) is 85.3 Å². The number of rotatable bonds is 9. The molecule has 0 bridgehead atoms. The molecular weight excluding hydrogens is 459 g/mol.